The van der Waals surface area contributed by atoms with Crippen LogP contribution in [0.3, 0.4) is 0 Å². The standard InChI is InChI=1S/C15H12O/c1-3-12-4-6-13(7-5-12)14-8-10-15(16-2)11-9-14/h1,4-11H,2H3. The van der Waals surface area contributed by atoms with Gasteiger partial charge in [-0.15, -0.1) is 6.42 Å². The Balaban J connectivity index is 2.32. The molecule has 0 saturated heterocycles. The van der Waals surface area contributed by atoms with Crippen LogP contribution in [-0.2, 0) is 0 Å². The van der Waals surface area contributed by atoms with Crippen molar-refractivity contribution in [3.05, 3.63) is 54.1 Å². The largest absolute Gasteiger partial charge is 0.497 e. The molecule has 2 rings (SSSR count). The summed E-state index contributed by atoms with van der Waals surface area (Å²) in [7, 11) is 1.66. The fourth-order valence-corrected chi connectivity index (χ4v) is 1.54. The molecule has 0 unspecified atom stereocenters. The van der Waals surface area contributed by atoms with Crippen LogP contribution in [0.4, 0.5) is 0 Å². The van der Waals surface area contributed by atoms with Gasteiger partial charge in [0.15, 0.2) is 0 Å². The third-order valence-corrected chi connectivity index (χ3v) is 2.47. The quantitative estimate of drug-likeness (QED) is 0.688. The molecule has 0 N–H and O–H groups in total. The molecular weight excluding hydrogens is 196 g/mol. The third kappa shape index (κ3) is 2.07. The first-order chi connectivity index (χ1) is 7.83. The second-order valence-electron chi connectivity index (χ2n) is 3.45. The van der Waals surface area contributed by atoms with Gasteiger partial charge in [0.2, 0.25) is 0 Å². The van der Waals surface area contributed by atoms with Crippen molar-refractivity contribution in [3.8, 4) is 29.2 Å². The first-order valence-corrected chi connectivity index (χ1v) is 5.04. The van der Waals surface area contributed by atoms with Gasteiger partial charge in [-0.1, -0.05) is 30.2 Å². The second kappa shape index (κ2) is 4.55. The Morgan fingerprint density at radius 3 is 1.81 bits per heavy atom. The van der Waals surface area contributed by atoms with E-state index in [2.05, 4.69) is 5.92 Å². The molecule has 2 aromatic carbocycles. The van der Waals surface area contributed by atoms with Crippen molar-refractivity contribution in [2.45, 2.75) is 0 Å². The van der Waals surface area contributed by atoms with E-state index in [9.17, 15) is 0 Å². The van der Waals surface area contributed by atoms with Gasteiger partial charge >= 0.3 is 0 Å². The summed E-state index contributed by atoms with van der Waals surface area (Å²) < 4.78 is 5.12. The lowest BCUT2D eigenvalue weighted by Crippen LogP contribution is -1.83. The van der Waals surface area contributed by atoms with Crippen LogP contribution in [0.5, 0.6) is 5.75 Å². The lowest BCUT2D eigenvalue weighted by Gasteiger charge is -2.03. The van der Waals surface area contributed by atoms with Gasteiger partial charge in [-0.2, -0.15) is 0 Å². The number of rotatable bonds is 2. The number of methoxy groups -OCH3 is 1. The van der Waals surface area contributed by atoms with Crippen molar-refractivity contribution in [2.24, 2.45) is 0 Å². The van der Waals surface area contributed by atoms with E-state index in [1.807, 2.05) is 48.5 Å². The summed E-state index contributed by atoms with van der Waals surface area (Å²) in [4.78, 5) is 0. The first-order valence-electron chi connectivity index (χ1n) is 5.04. The molecule has 0 fully saturated rings. The molecule has 0 amide bonds. The van der Waals surface area contributed by atoms with Crippen LogP contribution in [0.15, 0.2) is 48.5 Å². The second-order valence-corrected chi connectivity index (χ2v) is 3.45. The molecule has 78 valence electrons. The number of ether oxygens (including phenoxy) is 1. The van der Waals surface area contributed by atoms with Gasteiger partial charge in [-0.05, 0) is 35.4 Å². The van der Waals surface area contributed by atoms with E-state index in [0.29, 0.717) is 0 Å². The molecule has 0 aliphatic heterocycles. The van der Waals surface area contributed by atoms with Crippen LogP contribution in [0, 0.1) is 12.3 Å². The van der Waals surface area contributed by atoms with Crippen LogP contribution >= 0.6 is 0 Å². The lowest BCUT2D eigenvalue weighted by molar-refractivity contribution is 0.415. The van der Waals surface area contributed by atoms with E-state index in [1.165, 1.54) is 0 Å². The molecule has 0 bridgehead atoms. The van der Waals surface area contributed by atoms with Crippen molar-refractivity contribution >= 4 is 0 Å². The molecule has 0 radical (unpaired) electrons. The highest BCUT2D eigenvalue weighted by Gasteiger charge is 1.97. The van der Waals surface area contributed by atoms with Crippen molar-refractivity contribution in [1.29, 1.82) is 0 Å². The number of hydrogen-bond acceptors (Lipinski definition) is 1. The Labute approximate surface area is 95.7 Å². The maximum absolute atomic E-state index is 5.31. The minimum absolute atomic E-state index is 0.865. The molecule has 0 saturated carbocycles. The Bertz CT molecular complexity index is 501. The Morgan fingerprint density at radius 1 is 0.875 bits per heavy atom. The highest BCUT2D eigenvalue weighted by molar-refractivity contribution is 5.65. The van der Waals surface area contributed by atoms with Gasteiger partial charge in [0.1, 0.15) is 5.75 Å². The van der Waals surface area contributed by atoms with E-state index in [4.69, 9.17) is 11.2 Å². The maximum atomic E-state index is 5.31. The minimum Gasteiger partial charge on any atom is -0.497 e. The monoisotopic (exact) mass is 208 g/mol. The molecule has 0 aromatic heterocycles. The van der Waals surface area contributed by atoms with Crippen molar-refractivity contribution in [1.82, 2.24) is 0 Å². The van der Waals surface area contributed by atoms with Gasteiger partial charge < -0.3 is 4.74 Å². The van der Waals surface area contributed by atoms with Crippen LogP contribution in [-0.4, -0.2) is 7.11 Å². The number of hydrogen-bond donors (Lipinski definition) is 0. The van der Waals surface area contributed by atoms with Crippen LogP contribution in [0.1, 0.15) is 5.56 Å². The zero-order valence-electron chi connectivity index (χ0n) is 9.10. The van der Waals surface area contributed by atoms with E-state index in [1.54, 1.807) is 7.11 Å². The van der Waals surface area contributed by atoms with E-state index < -0.39 is 0 Å². The van der Waals surface area contributed by atoms with Gasteiger partial charge in [0, 0.05) is 5.56 Å². The molecule has 0 atom stereocenters. The van der Waals surface area contributed by atoms with Crippen molar-refractivity contribution in [2.75, 3.05) is 7.11 Å². The van der Waals surface area contributed by atoms with Crippen molar-refractivity contribution < 1.29 is 4.74 Å². The Hall–Kier alpha value is -2.20. The van der Waals surface area contributed by atoms with Gasteiger partial charge in [-0.3, -0.25) is 0 Å². The number of benzene rings is 2. The summed E-state index contributed by atoms with van der Waals surface area (Å²) in [6, 6.07) is 15.9. The summed E-state index contributed by atoms with van der Waals surface area (Å²) in [5.41, 5.74) is 3.21. The van der Waals surface area contributed by atoms with E-state index >= 15 is 0 Å². The molecule has 0 aliphatic carbocycles. The average Bonchev–Trinajstić information content (AvgIpc) is 2.39. The smallest absolute Gasteiger partial charge is 0.118 e. The van der Waals surface area contributed by atoms with E-state index in [0.717, 1.165) is 22.4 Å². The van der Waals surface area contributed by atoms with E-state index in [-0.39, 0.29) is 0 Å². The Kier molecular flexibility index (Phi) is 2.93. The summed E-state index contributed by atoms with van der Waals surface area (Å²) in [6.45, 7) is 0. The van der Waals surface area contributed by atoms with Gasteiger partial charge in [0.25, 0.3) is 0 Å². The predicted octanol–water partition coefficient (Wildman–Crippen LogP) is 3.34. The molecular formula is C15H12O. The summed E-state index contributed by atoms with van der Waals surface area (Å²) >= 11 is 0. The summed E-state index contributed by atoms with van der Waals surface area (Å²) in [5, 5.41) is 0. The predicted molar refractivity (Wildman–Crippen MR) is 66.4 cm³/mol. The van der Waals surface area contributed by atoms with Crippen LogP contribution in [0.2, 0.25) is 0 Å². The average molecular weight is 208 g/mol. The topological polar surface area (TPSA) is 9.23 Å². The third-order valence-electron chi connectivity index (χ3n) is 2.47. The van der Waals surface area contributed by atoms with Gasteiger partial charge in [-0.25, -0.2) is 0 Å². The zero-order valence-corrected chi connectivity index (χ0v) is 9.10. The molecule has 0 heterocycles. The zero-order chi connectivity index (χ0) is 11.4. The highest BCUT2D eigenvalue weighted by atomic mass is 16.5. The summed E-state index contributed by atoms with van der Waals surface area (Å²) in [6.07, 6.45) is 5.31. The van der Waals surface area contributed by atoms with Crippen LogP contribution < -0.4 is 4.74 Å². The number of terminal acetylenes is 1. The molecule has 1 nitrogen and oxygen atoms in total. The summed E-state index contributed by atoms with van der Waals surface area (Å²) in [5.74, 6) is 3.47. The molecule has 2 aromatic rings. The normalized spacial score (nSPS) is 9.50. The SMILES string of the molecule is C#Cc1ccc(-c2ccc(OC)cc2)cc1. The Morgan fingerprint density at radius 2 is 1.38 bits per heavy atom. The fourth-order valence-electron chi connectivity index (χ4n) is 1.54. The molecule has 16 heavy (non-hydrogen) atoms. The first kappa shape index (κ1) is 10.3. The molecule has 0 spiro atoms. The minimum atomic E-state index is 0.865. The highest BCUT2D eigenvalue weighted by Crippen LogP contribution is 2.22. The molecule has 1 heteroatoms. The van der Waals surface area contributed by atoms with Gasteiger partial charge in [0.05, 0.1) is 7.11 Å². The fraction of sp³-hybridized carbons (Fsp3) is 0.0667. The maximum Gasteiger partial charge on any atom is 0.118 e. The van der Waals surface area contributed by atoms with Crippen molar-refractivity contribution in [3.63, 3.8) is 0 Å². The lowest BCUT2D eigenvalue weighted by atomic mass is 10.0. The van der Waals surface area contributed by atoms with Crippen LogP contribution in [0.25, 0.3) is 11.1 Å². The molecule has 0 aliphatic rings.